The molecule has 0 unspecified atom stereocenters. The molecule has 0 radical (unpaired) electrons. The molecule has 0 aromatic carbocycles. The highest BCUT2D eigenvalue weighted by Gasteiger charge is 2.19. The van der Waals surface area contributed by atoms with E-state index in [2.05, 4.69) is 32.2 Å². The summed E-state index contributed by atoms with van der Waals surface area (Å²) in [5, 5.41) is 3.39. The Labute approximate surface area is 63.5 Å². The van der Waals surface area contributed by atoms with Gasteiger partial charge >= 0.3 is 0 Å². The molecule has 1 aliphatic rings. The van der Waals surface area contributed by atoms with Crippen LogP contribution in [0.2, 0.25) is 0 Å². The standard InChI is InChI=1S/C9H17N/c1-8-4-5-10-7-9(2,3)6-8/h4,10H,5-7H2,1-3H3. The Morgan fingerprint density at radius 2 is 2.20 bits per heavy atom. The van der Waals surface area contributed by atoms with E-state index in [4.69, 9.17) is 0 Å². The molecule has 0 bridgehead atoms. The first kappa shape index (κ1) is 7.80. The summed E-state index contributed by atoms with van der Waals surface area (Å²) in [6, 6.07) is 0. The normalized spacial score (nSPS) is 25.3. The zero-order valence-electron chi connectivity index (χ0n) is 7.20. The lowest BCUT2D eigenvalue weighted by Gasteiger charge is -2.22. The van der Waals surface area contributed by atoms with Crippen LogP contribution in [0.15, 0.2) is 11.6 Å². The van der Waals surface area contributed by atoms with E-state index in [9.17, 15) is 0 Å². The number of allylic oxidation sites excluding steroid dienone is 1. The van der Waals surface area contributed by atoms with E-state index < -0.39 is 0 Å². The second-order valence-electron chi connectivity index (χ2n) is 4.02. The van der Waals surface area contributed by atoms with E-state index in [0.717, 1.165) is 13.1 Å². The molecule has 1 aliphatic heterocycles. The molecule has 0 aliphatic carbocycles. The predicted molar refractivity (Wildman–Crippen MR) is 45.0 cm³/mol. The third kappa shape index (κ3) is 2.14. The molecule has 0 amide bonds. The van der Waals surface area contributed by atoms with Gasteiger partial charge in [0, 0.05) is 13.1 Å². The molecule has 1 heterocycles. The van der Waals surface area contributed by atoms with Gasteiger partial charge in [0.05, 0.1) is 0 Å². The molecular weight excluding hydrogens is 122 g/mol. The summed E-state index contributed by atoms with van der Waals surface area (Å²) in [6.07, 6.45) is 3.52. The van der Waals surface area contributed by atoms with Gasteiger partial charge in [0.1, 0.15) is 0 Å². The van der Waals surface area contributed by atoms with Crippen LogP contribution in [0.5, 0.6) is 0 Å². The largest absolute Gasteiger partial charge is 0.313 e. The fourth-order valence-electron chi connectivity index (χ4n) is 1.55. The molecule has 0 atom stereocenters. The van der Waals surface area contributed by atoms with Crippen LogP contribution in [-0.2, 0) is 0 Å². The summed E-state index contributed by atoms with van der Waals surface area (Å²) in [6.45, 7) is 9.02. The van der Waals surface area contributed by atoms with Crippen molar-refractivity contribution < 1.29 is 0 Å². The van der Waals surface area contributed by atoms with Crippen LogP contribution in [0.25, 0.3) is 0 Å². The molecule has 0 aromatic rings. The molecule has 0 spiro atoms. The van der Waals surface area contributed by atoms with Crippen molar-refractivity contribution in [3.63, 3.8) is 0 Å². The zero-order valence-corrected chi connectivity index (χ0v) is 7.20. The van der Waals surface area contributed by atoms with Crippen LogP contribution in [0, 0.1) is 5.41 Å². The zero-order chi connectivity index (χ0) is 7.61. The third-order valence-corrected chi connectivity index (χ3v) is 1.96. The van der Waals surface area contributed by atoms with E-state index in [1.807, 2.05) is 0 Å². The highest BCUT2D eigenvalue weighted by atomic mass is 14.9. The van der Waals surface area contributed by atoms with Crippen LogP contribution < -0.4 is 5.32 Å². The lowest BCUT2D eigenvalue weighted by molar-refractivity contribution is 0.352. The predicted octanol–water partition coefficient (Wildman–Crippen LogP) is 1.95. The number of nitrogens with one attached hydrogen (secondary N) is 1. The molecule has 1 rings (SSSR count). The van der Waals surface area contributed by atoms with E-state index in [1.165, 1.54) is 12.0 Å². The van der Waals surface area contributed by atoms with Crippen molar-refractivity contribution in [1.82, 2.24) is 5.32 Å². The SMILES string of the molecule is CC1=CCNCC(C)(C)C1. The van der Waals surface area contributed by atoms with E-state index in [1.54, 1.807) is 0 Å². The van der Waals surface area contributed by atoms with Crippen molar-refractivity contribution in [2.24, 2.45) is 5.41 Å². The maximum atomic E-state index is 3.39. The van der Waals surface area contributed by atoms with Crippen molar-refractivity contribution in [1.29, 1.82) is 0 Å². The number of rotatable bonds is 0. The van der Waals surface area contributed by atoms with E-state index >= 15 is 0 Å². The van der Waals surface area contributed by atoms with Gasteiger partial charge in [0.2, 0.25) is 0 Å². The van der Waals surface area contributed by atoms with Gasteiger partial charge in [-0.05, 0) is 18.8 Å². The Kier molecular flexibility index (Phi) is 2.14. The average Bonchev–Trinajstić information content (AvgIpc) is 1.90. The minimum atomic E-state index is 0.455. The average molecular weight is 139 g/mol. The molecule has 0 aromatic heterocycles. The molecule has 10 heavy (non-hydrogen) atoms. The summed E-state index contributed by atoms with van der Waals surface area (Å²) in [4.78, 5) is 0. The lowest BCUT2D eigenvalue weighted by Crippen LogP contribution is -2.27. The highest BCUT2D eigenvalue weighted by Crippen LogP contribution is 2.25. The van der Waals surface area contributed by atoms with E-state index in [-0.39, 0.29) is 0 Å². The highest BCUT2D eigenvalue weighted by molar-refractivity contribution is 5.05. The van der Waals surface area contributed by atoms with Crippen molar-refractivity contribution >= 4 is 0 Å². The Morgan fingerprint density at radius 1 is 1.50 bits per heavy atom. The first-order valence-electron chi connectivity index (χ1n) is 3.96. The molecule has 58 valence electrons. The fourth-order valence-corrected chi connectivity index (χ4v) is 1.55. The van der Waals surface area contributed by atoms with Crippen molar-refractivity contribution in [2.75, 3.05) is 13.1 Å². The van der Waals surface area contributed by atoms with Crippen LogP contribution in [0.1, 0.15) is 27.2 Å². The second-order valence-corrected chi connectivity index (χ2v) is 4.02. The van der Waals surface area contributed by atoms with Crippen molar-refractivity contribution in [3.05, 3.63) is 11.6 Å². The summed E-state index contributed by atoms with van der Waals surface area (Å²) in [5.74, 6) is 0. The van der Waals surface area contributed by atoms with Gasteiger partial charge < -0.3 is 5.32 Å². The van der Waals surface area contributed by atoms with Crippen molar-refractivity contribution in [2.45, 2.75) is 27.2 Å². The monoisotopic (exact) mass is 139 g/mol. The van der Waals surface area contributed by atoms with Gasteiger partial charge in [0.25, 0.3) is 0 Å². The second kappa shape index (κ2) is 2.75. The topological polar surface area (TPSA) is 12.0 Å². The maximum absolute atomic E-state index is 3.39. The summed E-state index contributed by atoms with van der Waals surface area (Å²) in [7, 11) is 0. The fraction of sp³-hybridized carbons (Fsp3) is 0.778. The molecule has 1 heteroatoms. The third-order valence-electron chi connectivity index (χ3n) is 1.96. The van der Waals surface area contributed by atoms with Gasteiger partial charge in [-0.2, -0.15) is 0 Å². The van der Waals surface area contributed by atoms with Gasteiger partial charge in [-0.25, -0.2) is 0 Å². The minimum absolute atomic E-state index is 0.455. The minimum Gasteiger partial charge on any atom is -0.313 e. The molecule has 0 saturated carbocycles. The van der Waals surface area contributed by atoms with Gasteiger partial charge in [-0.15, -0.1) is 0 Å². The van der Waals surface area contributed by atoms with Gasteiger partial charge in [-0.1, -0.05) is 25.5 Å². The number of hydrogen-bond acceptors (Lipinski definition) is 1. The first-order chi connectivity index (χ1) is 4.60. The van der Waals surface area contributed by atoms with Crippen LogP contribution in [0.4, 0.5) is 0 Å². The summed E-state index contributed by atoms with van der Waals surface area (Å²) >= 11 is 0. The summed E-state index contributed by atoms with van der Waals surface area (Å²) in [5.41, 5.74) is 1.98. The van der Waals surface area contributed by atoms with Crippen molar-refractivity contribution in [3.8, 4) is 0 Å². The Hall–Kier alpha value is -0.300. The summed E-state index contributed by atoms with van der Waals surface area (Å²) < 4.78 is 0. The Morgan fingerprint density at radius 3 is 2.90 bits per heavy atom. The maximum Gasteiger partial charge on any atom is 0.0137 e. The van der Waals surface area contributed by atoms with Crippen LogP contribution in [-0.4, -0.2) is 13.1 Å². The molecule has 0 fully saturated rings. The molecular formula is C9H17N. The molecule has 1 nitrogen and oxygen atoms in total. The molecule has 1 N–H and O–H groups in total. The molecule has 0 saturated heterocycles. The number of hydrogen-bond donors (Lipinski definition) is 1. The van der Waals surface area contributed by atoms with Gasteiger partial charge in [0.15, 0.2) is 0 Å². The quantitative estimate of drug-likeness (QED) is 0.506. The first-order valence-corrected chi connectivity index (χ1v) is 3.96. The Bertz CT molecular complexity index is 145. The lowest BCUT2D eigenvalue weighted by atomic mass is 9.87. The Balaban J connectivity index is 2.60. The van der Waals surface area contributed by atoms with Gasteiger partial charge in [-0.3, -0.25) is 0 Å². The van der Waals surface area contributed by atoms with Crippen LogP contribution in [0.3, 0.4) is 0 Å². The smallest absolute Gasteiger partial charge is 0.0137 e. The van der Waals surface area contributed by atoms with Crippen LogP contribution >= 0.6 is 0 Å². The van der Waals surface area contributed by atoms with E-state index in [0.29, 0.717) is 5.41 Å².